The maximum Gasteiger partial charge on any atom is 0.407 e. The van der Waals surface area contributed by atoms with E-state index in [0.29, 0.717) is 0 Å². The van der Waals surface area contributed by atoms with Crippen molar-refractivity contribution in [2.24, 2.45) is 0 Å². The number of hydrogen-bond donors (Lipinski definition) is 2. The minimum Gasteiger partial charge on any atom is -0.480 e. The van der Waals surface area contributed by atoms with Crippen LogP contribution in [0.2, 0.25) is 0 Å². The van der Waals surface area contributed by atoms with E-state index in [2.05, 4.69) is 5.32 Å². The van der Waals surface area contributed by atoms with Crippen molar-refractivity contribution in [2.45, 2.75) is 76.8 Å². The fraction of sp³-hybridized carbons (Fsp3) is 0.467. The number of alkyl carbamates (subject to hydrolysis) is 1. The summed E-state index contributed by atoms with van der Waals surface area (Å²) in [6.07, 6.45) is -1.14. The largest absolute Gasteiger partial charge is 0.480 e. The maximum atomic E-state index is 13.7. The highest BCUT2D eigenvalue weighted by atomic mass is 16.6. The number of amides is 2. The number of esters is 1. The molecule has 0 saturated carbocycles. The van der Waals surface area contributed by atoms with Crippen LogP contribution in [0.25, 0.3) is 11.1 Å². The Hall–Kier alpha value is -3.92. The molecule has 1 aliphatic carbocycles. The van der Waals surface area contributed by atoms with E-state index in [1.54, 1.807) is 34.6 Å². The van der Waals surface area contributed by atoms with Crippen molar-refractivity contribution < 1.29 is 38.5 Å². The first kappa shape index (κ1) is 29.1. The fourth-order valence-electron chi connectivity index (χ4n) is 5.27. The van der Waals surface area contributed by atoms with Gasteiger partial charge >= 0.3 is 18.0 Å². The third-order valence-corrected chi connectivity index (χ3v) is 7.00. The lowest BCUT2D eigenvalue weighted by atomic mass is 9.98. The maximum absolute atomic E-state index is 13.7. The number of ether oxygens (including phenoxy) is 3. The van der Waals surface area contributed by atoms with Crippen molar-refractivity contribution in [1.29, 1.82) is 0 Å². The second-order valence-corrected chi connectivity index (χ2v) is 11.5. The number of carbonyl (C=O) groups excluding carboxylic acids is 3. The van der Waals surface area contributed by atoms with E-state index in [-0.39, 0.29) is 32.0 Å². The predicted octanol–water partition coefficient (Wildman–Crippen LogP) is 4.06. The highest BCUT2D eigenvalue weighted by Gasteiger charge is 2.49. The Morgan fingerprint density at radius 3 is 2.17 bits per heavy atom. The number of carboxylic acids is 1. The van der Waals surface area contributed by atoms with E-state index in [9.17, 15) is 24.3 Å². The number of rotatable bonds is 8. The van der Waals surface area contributed by atoms with Crippen LogP contribution < -0.4 is 5.32 Å². The minimum atomic E-state index is -1.24. The lowest BCUT2D eigenvalue weighted by Crippen LogP contribution is -2.57. The second kappa shape index (κ2) is 11.3. The molecule has 1 heterocycles. The van der Waals surface area contributed by atoms with Crippen molar-refractivity contribution in [2.75, 3.05) is 13.2 Å². The van der Waals surface area contributed by atoms with E-state index in [1.807, 2.05) is 48.5 Å². The summed E-state index contributed by atoms with van der Waals surface area (Å²) in [7, 11) is 0. The van der Waals surface area contributed by atoms with Gasteiger partial charge in [-0.05, 0) is 63.3 Å². The topological polar surface area (TPSA) is 131 Å². The van der Waals surface area contributed by atoms with Crippen molar-refractivity contribution >= 4 is 23.9 Å². The second-order valence-electron chi connectivity index (χ2n) is 11.5. The number of fused-ring (bicyclic) bond motifs is 3. The van der Waals surface area contributed by atoms with Gasteiger partial charge in [-0.1, -0.05) is 48.5 Å². The smallest absolute Gasteiger partial charge is 0.407 e. The zero-order chi connectivity index (χ0) is 29.2. The molecule has 1 aliphatic heterocycles. The Labute approximate surface area is 233 Å². The molecule has 40 heavy (non-hydrogen) atoms. The van der Waals surface area contributed by atoms with Gasteiger partial charge in [0.2, 0.25) is 5.91 Å². The zero-order valence-corrected chi connectivity index (χ0v) is 23.4. The average Bonchev–Trinajstić information content (AvgIpc) is 3.37. The summed E-state index contributed by atoms with van der Waals surface area (Å²) < 4.78 is 16.5. The molecule has 2 N–H and O–H groups in total. The molecule has 10 nitrogen and oxygen atoms in total. The average molecular weight is 553 g/mol. The molecule has 214 valence electrons. The summed E-state index contributed by atoms with van der Waals surface area (Å²) in [5.41, 5.74) is 2.27. The van der Waals surface area contributed by atoms with Crippen molar-refractivity contribution in [3.8, 4) is 11.1 Å². The van der Waals surface area contributed by atoms with Crippen LogP contribution in [-0.2, 0) is 28.6 Å². The number of nitrogens with zero attached hydrogens (tertiary/aromatic N) is 1. The van der Waals surface area contributed by atoms with Crippen LogP contribution in [0, 0.1) is 0 Å². The number of aliphatic carboxylic acids is 1. The van der Waals surface area contributed by atoms with Gasteiger partial charge in [0, 0.05) is 12.3 Å². The predicted molar refractivity (Wildman–Crippen MR) is 145 cm³/mol. The monoisotopic (exact) mass is 552 g/mol. The number of nitrogens with one attached hydrogen (secondary N) is 1. The van der Waals surface area contributed by atoms with Gasteiger partial charge in [-0.15, -0.1) is 0 Å². The number of carboxylic acid groups (broad SMARTS) is 1. The summed E-state index contributed by atoms with van der Waals surface area (Å²) in [4.78, 5) is 52.1. The van der Waals surface area contributed by atoms with Gasteiger partial charge in [0.15, 0.2) is 6.04 Å². The standard InChI is InChI=1S/C30H36N2O8/c1-29(2,3)40-25(33)15-14-23(26(34)32-24(27(35)36)17-39-30(32,4)5)31-28(37)38-16-22-20-12-8-6-10-18(20)19-11-7-9-13-21(19)22/h6-13,22-24H,14-17H2,1-5H3,(H,31,37)(H,35,36). The molecule has 10 heteroatoms. The first-order valence-electron chi connectivity index (χ1n) is 13.3. The van der Waals surface area contributed by atoms with Gasteiger partial charge in [0.05, 0.1) is 6.61 Å². The summed E-state index contributed by atoms with van der Waals surface area (Å²) in [6.45, 7) is 8.16. The Morgan fingerprint density at radius 1 is 1.05 bits per heavy atom. The van der Waals surface area contributed by atoms with Crippen LogP contribution in [0.5, 0.6) is 0 Å². The molecule has 2 aliphatic rings. The van der Waals surface area contributed by atoms with E-state index in [0.717, 1.165) is 27.2 Å². The molecule has 1 fully saturated rings. The molecule has 1 saturated heterocycles. The molecular weight excluding hydrogens is 516 g/mol. The van der Waals surface area contributed by atoms with Gasteiger partial charge in [0.1, 0.15) is 24.0 Å². The Kier molecular flexibility index (Phi) is 8.20. The lowest BCUT2D eigenvalue weighted by molar-refractivity contribution is -0.158. The number of carbonyl (C=O) groups is 4. The summed E-state index contributed by atoms with van der Waals surface area (Å²) in [5, 5.41) is 12.3. The highest BCUT2D eigenvalue weighted by Crippen LogP contribution is 2.44. The Balaban J connectivity index is 1.50. The summed E-state index contributed by atoms with van der Waals surface area (Å²) >= 11 is 0. The number of benzene rings is 2. The van der Waals surface area contributed by atoms with Crippen molar-refractivity contribution in [3.63, 3.8) is 0 Å². The van der Waals surface area contributed by atoms with Gasteiger partial charge in [0.25, 0.3) is 0 Å². The molecule has 2 unspecified atom stereocenters. The molecule has 0 aromatic heterocycles. The third kappa shape index (κ3) is 6.28. The third-order valence-electron chi connectivity index (χ3n) is 7.00. The van der Waals surface area contributed by atoms with Crippen molar-refractivity contribution in [3.05, 3.63) is 59.7 Å². The van der Waals surface area contributed by atoms with Gasteiger partial charge in [-0.3, -0.25) is 14.5 Å². The van der Waals surface area contributed by atoms with E-state index >= 15 is 0 Å². The molecule has 0 radical (unpaired) electrons. The van der Waals surface area contributed by atoms with Crippen LogP contribution in [-0.4, -0.2) is 70.6 Å². The van der Waals surface area contributed by atoms with Gasteiger partial charge in [-0.25, -0.2) is 9.59 Å². The minimum absolute atomic E-state index is 0.0307. The fourth-order valence-corrected chi connectivity index (χ4v) is 5.27. The Bertz CT molecular complexity index is 1250. The van der Waals surface area contributed by atoms with Crippen LogP contribution >= 0.6 is 0 Å². The lowest BCUT2D eigenvalue weighted by Gasteiger charge is -2.35. The quantitative estimate of drug-likeness (QED) is 0.469. The molecular formula is C30H36N2O8. The van der Waals surface area contributed by atoms with Crippen LogP contribution in [0.1, 0.15) is 64.5 Å². The highest BCUT2D eigenvalue weighted by molar-refractivity contribution is 5.90. The molecule has 2 amide bonds. The van der Waals surface area contributed by atoms with Crippen LogP contribution in [0.4, 0.5) is 4.79 Å². The van der Waals surface area contributed by atoms with E-state index < -0.39 is 47.3 Å². The zero-order valence-electron chi connectivity index (χ0n) is 23.4. The van der Waals surface area contributed by atoms with E-state index in [4.69, 9.17) is 14.2 Å². The van der Waals surface area contributed by atoms with Crippen LogP contribution in [0.3, 0.4) is 0 Å². The summed E-state index contributed by atoms with van der Waals surface area (Å²) in [6, 6.07) is 13.3. The van der Waals surface area contributed by atoms with Gasteiger partial charge < -0.3 is 24.6 Å². The SMILES string of the molecule is CC(C)(C)OC(=O)CCC(NC(=O)OCC1c2ccccc2-c2ccccc21)C(=O)N1C(C(=O)O)COC1(C)C. The van der Waals surface area contributed by atoms with Gasteiger partial charge in [-0.2, -0.15) is 0 Å². The molecule has 2 atom stereocenters. The first-order valence-corrected chi connectivity index (χ1v) is 13.3. The summed E-state index contributed by atoms with van der Waals surface area (Å²) in [5.74, 6) is -2.65. The normalized spacial score (nSPS) is 18.4. The first-order chi connectivity index (χ1) is 18.8. The molecule has 4 rings (SSSR count). The van der Waals surface area contributed by atoms with Crippen LogP contribution in [0.15, 0.2) is 48.5 Å². The number of hydrogen-bond acceptors (Lipinski definition) is 7. The Morgan fingerprint density at radius 2 is 1.62 bits per heavy atom. The molecule has 0 spiro atoms. The molecule has 2 aromatic carbocycles. The van der Waals surface area contributed by atoms with Crippen molar-refractivity contribution in [1.82, 2.24) is 10.2 Å². The van der Waals surface area contributed by atoms with E-state index in [1.165, 1.54) is 0 Å². The molecule has 2 aromatic rings. The molecule has 0 bridgehead atoms.